The minimum absolute atomic E-state index is 0.649. The lowest BCUT2D eigenvalue weighted by Gasteiger charge is -2.04. The van der Waals surface area contributed by atoms with Crippen molar-refractivity contribution in [2.45, 2.75) is 18.8 Å². The van der Waals surface area contributed by atoms with Gasteiger partial charge in [-0.05, 0) is 25.0 Å². The molecule has 1 aliphatic carbocycles. The van der Waals surface area contributed by atoms with Crippen molar-refractivity contribution < 1.29 is 0 Å². The van der Waals surface area contributed by atoms with Crippen molar-refractivity contribution in [3.8, 4) is 0 Å². The number of hydrogen-bond donors (Lipinski definition) is 1. The van der Waals surface area contributed by atoms with Crippen LogP contribution < -0.4 is 5.32 Å². The van der Waals surface area contributed by atoms with E-state index in [0.717, 1.165) is 17.3 Å². The molecular formula is C12H12N4. The molecule has 3 rings (SSSR count). The van der Waals surface area contributed by atoms with Crippen LogP contribution in [0.2, 0.25) is 0 Å². The molecule has 0 bridgehead atoms. The summed E-state index contributed by atoms with van der Waals surface area (Å²) >= 11 is 0. The van der Waals surface area contributed by atoms with Crippen LogP contribution in [0.15, 0.2) is 36.8 Å². The molecule has 0 saturated heterocycles. The van der Waals surface area contributed by atoms with Crippen molar-refractivity contribution in [2.24, 2.45) is 0 Å². The van der Waals surface area contributed by atoms with Gasteiger partial charge in [-0.2, -0.15) is 0 Å². The van der Waals surface area contributed by atoms with Crippen LogP contribution in [-0.4, -0.2) is 15.0 Å². The molecule has 4 heteroatoms. The third-order valence-electron chi connectivity index (χ3n) is 2.59. The molecule has 16 heavy (non-hydrogen) atoms. The molecule has 80 valence electrons. The van der Waals surface area contributed by atoms with Crippen LogP contribution >= 0.6 is 0 Å². The van der Waals surface area contributed by atoms with Crippen LogP contribution in [0, 0.1) is 0 Å². The summed E-state index contributed by atoms with van der Waals surface area (Å²) in [5, 5.41) is 3.11. The van der Waals surface area contributed by atoms with E-state index in [1.54, 1.807) is 12.4 Å². The minimum Gasteiger partial charge on any atom is -0.324 e. The van der Waals surface area contributed by atoms with Crippen molar-refractivity contribution in [3.05, 3.63) is 42.5 Å². The summed E-state index contributed by atoms with van der Waals surface area (Å²) in [7, 11) is 0. The number of pyridine rings is 1. The second-order valence-electron chi connectivity index (χ2n) is 3.94. The summed E-state index contributed by atoms with van der Waals surface area (Å²) in [6.45, 7) is 0. The van der Waals surface area contributed by atoms with Gasteiger partial charge in [-0.15, -0.1) is 0 Å². The molecule has 1 fully saturated rings. The van der Waals surface area contributed by atoms with Gasteiger partial charge in [0.15, 0.2) is 0 Å². The van der Waals surface area contributed by atoms with Gasteiger partial charge in [0.2, 0.25) is 0 Å². The number of nitrogens with one attached hydrogen (secondary N) is 1. The highest BCUT2D eigenvalue weighted by molar-refractivity contribution is 5.49. The summed E-state index contributed by atoms with van der Waals surface area (Å²) in [4.78, 5) is 12.9. The highest BCUT2D eigenvalue weighted by atomic mass is 15.1. The van der Waals surface area contributed by atoms with E-state index in [1.165, 1.54) is 12.8 Å². The topological polar surface area (TPSA) is 50.7 Å². The first-order valence-electron chi connectivity index (χ1n) is 5.42. The highest BCUT2D eigenvalue weighted by Crippen LogP contribution is 2.38. The fourth-order valence-corrected chi connectivity index (χ4v) is 1.56. The maximum Gasteiger partial charge on any atom is 0.150 e. The Bertz CT molecular complexity index is 462. The summed E-state index contributed by atoms with van der Waals surface area (Å²) in [5.41, 5.74) is 1.10. The molecule has 0 radical (unpaired) electrons. The van der Waals surface area contributed by atoms with E-state index in [0.29, 0.717) is 5.92 Å². The fourth-order valence-electron chi connectivity index (χ4n) is 1.56. The highest BCUT2D eigenvalue weighted by Gasteiger charge is 2.24. The van der Waals surface area contributed by atoms with E-state index in [2.05, 4.69) is 20.3 Å². The summed E-state index contributed by atoms with van der Waals surface area (Å²) in [6, 6.07) is 5.71. The molecule has 0 aliphatic heterocycles. The van der Waals surface area contributed by atoms with Crippen molar-refractivity contribution in [3.63, 3.8) is 0 Å². The molecule has 0 atom stereocenters. The molecule has 0 amide bonds. The predicted octanol–water partition coefficient (Wildman–Crippen LogP) is 2.49. The van der Waals surface area contributed by atoms with Gasteiger partial charge < -0.3 is 5.32 Å². The Morgan fingerprint density at radius 2 is 1.94 bits per heavy atom. The van der Waals surface area contributed by atoms with Gasteiger partial charge in [0, 0.05) is 12.1 Å². The third kappa shape index (κ3) is 2.00. The zero-order valence-electron chi connectivity index (χ0n) is 8.80. The Morgan fingerprint density at radius 1 is 1.00 bits per heavy atom. The van der Waals surface area contributed by atoms with Crippen LogP contribution in [-0.2, 0) is 0 Å². The average molecular weight is 212 g/mol. The van der Waals surface area contributed by atoms with E-state index in [-0.39, 0.29) is 0 Å². The molecule has 4 nitrogen and oxygen atoms in total. The lowest BCUT2D eigenvalue weighted by atomic mass is 10.3. The van der Waals surface area contributed by atoms with Gasteiger partial charge in [0.05, 0.1) is 18.1 Å². The molecule has 2 heterocycles. The van der Waals surface area contributed by atoms with Gasteiger partial charge in [-0.1, -0.05) is 6.07 Å². The smallest absolute Gasteiger partial charge is 0.150 e. The minimum atomic E-state index is 0.649. The number of aromatic nitrogens is 3. The van der Waals surface area contributed by atoms with E-state index in [9.17, 15) is 0 Å². The largest absolute Gasteiger partial charge is 0.324 e. The molecule has 1 N–H and O–H groups in total. The Balaban J connectivity index is 1.75. The quantitative estimate of drug-likeness (QED) is 0.849. The number of rotatable bonds is 3. The van der Waals surface area contributed by atoms with Crippen molar-refractivity contribution in [1.29, 1.82) is 0 Å². The van der Waals surface area contributed by atoms with Crippen molar-refractivity contribution in [2.75, 3.05) is 5.32 Å². The molecule has 0 unspecified atom stereocenters. The first-order valence-corrected chi connectivity index (χ1v) is 5.42. The number of anilines is 2. The Kier molecular flexibility index (Phi) is 2.25. The van der Waals surface area contributed by atoms with Gasteiger partial charge in [0.1, 0.15) is 11.6 Å². The van der Waals surface area contributed by atoms with Crippen LogP contribution in [0.25, 0.3) is 0 Å². The first kappa shape index (κ1) is 9.27. The zero-order valence-corrected chi connectivity index (χ0v) is 8.80. The molecule has 2 aromatic heterocycles. The first-order chi connectivity index (χ1) is 7.92. The second kappa shape index (κ2) is 3.89. The molecule has 1 aliphatic rings. The SMILES string of the molecule is c1ccc(Nc2cnc(C3CC3)cn2)nc1. The van der Waals surface area contributed by atoms with E-state index >= 15 is 0 Å². The van der Waals surface area contributed by atoms with Crippen molar-refractivity contribution >= 4 is 11.6 Å². The van der Waals surface area contributed by atoms with Gasteiger partial charge in [-0.3, -0.25) is 4.98 Å². The fraction of sp³-hybridized carbons (Fsp3) is 0.250. The predicted molar refractivity (Wildman–Crippen MR) is 61.5 cm³/mol. The van der Waals surface area contributed by atoms with Gasteiger partial charge in [-0.25, -0.2) is 9.97 Å². The molecule has 0 aromatic carbocycles. The van der Waals surface area contributed by atoms with E-state index in [1.807, 2.05) is 24.4 Å². The number of nitrogens with zero attached hydrogens (tertiary/aromatic N) is 3. The number of hydrogen-bond acceptors (Lipinski definition) is 4. The Hall–Kier alpha value is -1.97. The van der Waals surface area contributed by atoms with Crippen LogP contribution in [0.1, 0.15) is 24.5 Å². The normalized spacial score (nSPS) is 14.8. The van der Waals surface area contributed by atoms with Crippen LogP contribution in [0.4, 0.5) is 11.6 Å². The van der Waals surface area contributed by atoms with Gasteiger partial charge in [0.25, 0.3) is 0 Å². The average Bonchev–Trinajstić information content (AvgIpc) is 3.15. The molecule has 2 aromatic rings. The standard InChI is InChI=1S/C12H12N4/c1-2-6-13-11(3-1)16-12-8-14-10(7-15-12)9-4-5-9/h1-3,6-9H,4-5H2,(H,13,15,16). The molecule has 1 saturated carbocycles. The maximum atomic E-state index is 4.38. The van der Waals surface area contributed by atoms with E-state index < -0.39 is 0 Å². The Morgan fingerprint density at radius 3 is 2.56 bits per heavy atom. The second-order valence-corrected chi connectivity index (χ2v) is 3.94. The monoisotopic (exact) mass is 212 g/mol. The van der Waals surface area contributed by atoms with Crippen molar-refractivity contribution in [1.82, 2.24) is 15.0 Å². The lowest BCUT2D eigenvalue weighted by molar-refractivity contribution is 0.989. The summed E-state index contributed by atoms with van der Waals surface area (Å²) in [6.07, 6.45) is 7.86. The van der Waals surface area contributed by atoms with Crippen LogP contribution in [0.3, 0.4) is 0 Å². The maximum absolute atomic E-state index is 4.38. The van der Waals surface area contributed by atoms with Crippen LogP contribution in [0.5, 0.6) is 0 Å². The molecular weight excluding hydrogens is 200 g/mol. The molecule has 0 spiro atoms. The summed E-state index contributed by atoms with van der Waals surface area (Å²) in [5.74, 6) is 2.18. The zero-order chi connectivity index (χ0) is 10.8. The van der Waals surface area contributed by atoms with Gasteiger partial charge >= 0.3 is 0 Å². The lowest BCUT2D eigenvalue weighted by Crippen LogP contribution is -1.97. The summed E-state index contributed by atoms with van der Waals surface area (Å²) < 4.78 is 0. The van der Waals surface area contributed by atoms with E-state index in [4.69, 9.17) is 0 Å². The third-order valence-corrected chi connectivity index (χ3v) is 2.59. The Labute approximate surface area is 93.8 Å².